The van der Waals surface area contributed by atoms with Gasteiger partial charge in [0.05, 0.1) is 13.2 Å². The minimum absolute atomic E-state index is 0.0868. The van der Waals surface area contributed by atoms with E-state index in [0.29, 0.717) is 16.8 Å². The lowest BCUT2D eigenvalue weighted by molar-refractivity contribution is -0.138. The fourth-order valence-electron chi connectivity index (χ4n) is 2.71. The van der Waals surface area contributed by atoms with E-state index in [4.69, 9.17) is 19.7 Å². The number of halogens is 3. The molecule has 2 rings (SSSR count). The molecule has 0 saturated carbocycles. The molecule has 0 spiro atoms. The van der Waals surface area contributed by atoms with Crippen molar-refractivity contribution in [2.24, 2.45) is 0 Å². The molecule has 0 aliphatic heterocycles. The van der Waals surface area contributed by atoms with Gasteiger partial charge in [-0.25, -0.2) is 9.59 Å². The Bertz CT molecular complexity index is 1080. The number of likely N-dealkylation sites (N-methyl/N-ethyl adjacent to an activating group) is 1. The third-order valence-corrected chi connectivity index (χ3v) is 4.61. The van der Waals surface area contributed by atoms with Crippen molar-refractivity contribution in [1.82, 2.24) is 10.2 Å². The maximum Gasteiger partial charge on any atom is 0.415 e. The predicted molar refractivity (Wildman–Crippen MR) is 127 cm³/mol. The number of carbonyl (C=O) groups is 3. The molecule has 0 aliphatic carbocycles. The molecule has 4 N–H and O–H groups in total. The first-order valence-electron chi connectivity index (χ1n) is 10.8. The number of hydrogen-bond donors (Lipinski definition) is 4. The van der Waals surface area contributed by atoms with Crippen LogP contribution in [0.5, 0.6) is 5.75 Å². The van der Waals surface area contributed by atoms with Crippen molar-refractivity contribution in [3.63, 3.8) is 0 Å². The molecule has 0 atom stereocenters. The topological polar surface area (TPSA) is 137 Å². The fourth-order valence-corrected chi connectivity index (χ4v) is 2.71. The van der Waals surface area contributed by atoms with E-state index in [0.717, 1.165) is 10.5 Å². The summed E-state index contributed by atoms with van der Waals surface area (Å²) < 4.78 is 46.6. The monoisotopic (exact) mass is 525 g/mol. The predicted octanol–water partition coefficient (Wildman–Crippen LogP) is 2.91. The van der Waals surface area contributed by atoms with Crippen LogP contribution in [0.4, 0.5) is 28.4 Å². The molecule has 13 heteroatoms. The zero-order valence-electron chi connectivity index (χ0n) is 19.7. The lowest BCUT2D eigenvalue weighted by Gasteiger charge is -2.17. The number of nitrogens with zero attached hydrogens (tertiary/aromatic N) is 1. The molecule has 0 bridgehead atoms. The zero-order valence-corrected chi connectivity index (χ0v) is 19.7. The van der Waals surface area contributed by atoms with Crippen molar-refractivity contribution in [3.8, 4) is 5.75 Å². The van der Waals surface area contributed by atoms with Crippen LogP contribution in [-0.4, -0.2) is 72.7 Å². The van der Waals surface area contributed by atoms with Gasteiger partial charge in [-0.15, -0.1) is 0 Å². The van der Waals surface area contributed by atoms with E-state index >= 15 is 0 Å². The second kappa shape index (κ2) is 13.8. The van der Waals surface area contributed by atoms with Gasteiger partial charge in [-0.1, -0.05) is 30.3 Å². The number of anilines is 1. The molecule has 2 aromatic rings. The lowest BCUT2D eigenvalue weighted by atomic mass is 10.1. The second-order valence-electron chi connectivity index (χ2n) is 7.70. The minimum Gasteiger partial charge on any atom is -0.444 e. The smallest absolute Gasteiger partial charge is 0.415 e. The van der Waals surface area contributed by atoms with Crippen LogP contribution in [-0.2, 0) is 16.1 Å². The Morgan fingerprint density at radius 2 is 1.62 bits per heavy atom. The van der Waals surface area contributed by atoms with E-state index in [2.05, 4.69) is 5.32 Å². The summed E-state index contributed by atoms with van der Waals surface area (Å²) in [5.74, 6) is -0.881. The Hall–Kier alpha value is -4.10. The van der Waals surface area contributed by atoms with Gasteiger partial charge >= 0.3 is 18.4 Å². The van der Waals surface area contributed by atoms with Crippen molar-refractivity contribution in [1.29, 1.82) is 0 Å². The third-order valence-electron chi connectivity index (χ3n) is 4.61. The number of amides is 3. The largest absolute Gasteiger partial charge is 0.444 e. The number of alkyl halides is 3. The minimum atomic E-state index is -4.56. The van der Waals surface area contributed by atoms with Crippen LogP contribution in [0.3, 0.4) is 0 Å². The van der Waals surface area contributed by atoms with Crippen molar-refractivity contribution in [2.75, 3.05) is 38.7 Å². The first-order chi connectivity index (χ1) is 17.5. The Morgan fingerprint density at radius 1 is 1.00 bits per heavy atom. The van der Waals surface area contributed by atoms with Gasteiger partial charge in [-0.05, 0) is 41.0 Å². The summed E-state index contributed by atoms with van der Waals surface area (Å²) >= 11 is 0. The Morgan fingerprint density at radius 3 is 2.19 bits per heavy atom. The van der Waals surface area contributed by atoms with Gasteiger partial charge in [0.2, 0.25) is 5.91 Å². The lowest BCUT2D eigenvalue weighted by Crippen LogP contribution is -2.42. The standard InChI is InChI=1S/C24H26F3N3O7/c1-30(11-21(33)28-15-24(25,26)27)23(35)37-20-8-4-17(5-9-20)14-36-22(34)29-19-6-2-16(3-7-19)10-18(12-31)13-32/h2-10,31-32H,11-15H2,1H3,(H,28,33)(H,29,34). The molecule has 2 aromatic carbocycles. The van der Waals surface area contributed by atoms with Crippen molar-refractivity contribution in [3.05, 3.63) is 65.2 Å². The van der Waals surface area contributed by atoms with Gasteiger partial charge in [0.1, 0.15) is 25.4 Å². The van der Waals surface area contributed by atoms with Gasteiger partial charge < -0.3 is 29.9 Å². The zero-order chi connectivity index (χ0) is 27.4. The summed E-state index contributed by atoms with van der Waals surface area (Å²) in [7, 11) is 1.20. The second-order valence-corrected chi connectivity index (χ2v) is 7.70. The number of carbonyl (C=O) groups excluding carboxylic acids is 3. The molecule has 0 heterocycles. The summed E-state index contributed by atoms with van der Waals surface area (Å²) in [6, 6.07) is 12.5. The van der Waals surface area contributed by atoms with E-state index in [1.54, 1.807) is 35.7 Å². The average Bonchev–Trinajstić information content (AvgIpc) is 2.86. The number of ether oxygens (including phenoxy) is 2. The maximum atomic E-state index is 12.1. The Kier molecular flexibility index (Phi) is 10.9. The molecule has 37 heavy (non-hydrogen) atoms. The Labute approximate surface area is 210 Å². The molecular weight excluding hydrogens is 499 g/mol. The highest BCUT2D eigenvalue weighted by atomic mass is 19.4. The van der Waals surface area contributed by atoms with E-state index < -0.39 is 37.4 Å². The number of hydrogen-bond acceptors (Lipinski definition) is 7. The van der Waals surface area contributed by atoms with Gasteiger partial charge in [-0.3, -0.25) is 10.1 Å². The van der Waals surface area contributed by atoms with Crippen molar-refractivity contribution < 1.29 is 47.2 Å². The molecule has 0 fully saturated rings. The first-order valence-corrected chi connectivity index (χ1v) is 10.8. The highest BCUT2D eigenvalue weighted by molar-refractivity contribution is 5.85. The number of benzene rings is 2. The molecule has 0 aliphatic rings. The summed E-state index contributed by atoms with van der Waals surface area (Å²) in [5, 5.41) is 22.4. The van der Waals surface area contributed by atoms with Gasteiger partial charge in [-0.2, -0.15) is 13.2 Å². The van der Waals surface area contributed by atoms with Crippen molar-refractivity contribution >= 4 is 29.9 Å². The van der Waals surface area contributed by atoms with Gasteiger partial charge in [0.15, 0.2) is 0 Å². The molecule has 0 unspecified atom stereocenters. The highest BCUT2D eigenvalue weighted by Crippen LogP contribution is 2.16. The molecule has 0 saturated heterocycles. The number of aliphatic hydroxyl groups is 2. The van der Waals surface area contributed by atoms with E-state index in [1.165, 1.54) is 31.3 Å². The van der Waals surface area contributed by atoms with Crippen LogP contribution < -0.4 is 15.4 Å². The van der Waals surface area contributed by atoms with Gasteiger partial charge in [0.25, 0.3) is 0 Å². The number of nitrogens with one attached hydrogen (secondary N) is 2. The third kappa shape index (κ3) is 11.0. The van der Waals surface area contributed by atoms with E-state index in [-0.39, 0.29) is 25.6 Å². The van der Waals surface area contributed by atoms with Crippen LogP contribution >= 0.6 is 0 Å². The van der Waals surface area contributed by atoms with E-state index in [1.807, 2.05) is 0 Å². The van der Waals surface area contributed by atoms with Crippen molar-refractivity contribution in [2.45, 2.75) is 12.8 Å². The summed E-state index contributed by atoms with van der Waals surface area (Å²) in [5.41, 5.74) is 2.22. The van der Waals surface area contributed by atoms with E-state index in [9.17, 15) is 27.6 Å². The summed E-state index contributed by atoms with van der Waals surface area (Å²) in [4.78, 5) is 36.4. The number of aliphatic hydroxyl groups excluding tert-OH is 2. The van der Waals surface area contributed by atoms with Crippen LogP contribution in [0.2, 0.25) is 0 Å². The first kappa shape index (κ1) is 29.1. The van der Waals surface area contributed by atoms with Crippen LogP contribution in [0.25, 0.3) is 6.08 Å². The molecule has 200 valence electrons. The molecule has 3 amide bonds. The average molecular weight is 525 g/mol. The molecular formula is C24H26F3N3O7. The van der Waals surface area contributed by atoms with Crippen LogP contribution in [0.15, 0.2) is 54.1 Å². The quantitative estimate of drug-likeness (QED) is 0.374. The van der Waals surface area contributed by atoms with Gasteiger partial charge in [0, 0.05) is 12.7 Å². The number of rotatable bonds is 10. The fraction of sp³-hybridized carbons (Fsp3) is 0.292. The molecule has 0 radical (unpaired) electrons. The summed E-state index contributed by atoms with van der Waals surface area (Å²) in [6.45, 7) is -2.75. The molecule has 0 aromatic heterocycles. The Balaban J connectivity index is 1.78. The SMILES string of the molecule is CN(CC(=O)NCC(F)(F)F)C(=O)Oc1ccc(COC(=O)Nc2ccc(C=C(CO)CO)cc2)cc1. The molecule has 10 nitrogen and oxygen atoms in total. The van der Waals surface area contributed by atoms with Crippen LogP contribution in [0, 0.1) is 0 Å². The normalized spacial score (nSPS) is 10.8. The maximum absolute atomic E-state index is 12.1. The van der Waals surface area contributed by atoms with Crippen LogP contribution in [0.1, 0.15) is 11.1 Å². The summed E-state index contributed by atoms with van der Waals surface area (Å²) in [6.07, 6.45) is -4.60. The highest BCUT2D eigenvalue weighted by Gasteiger charge is 2.28.